The van der Waals surface area contributed by atoms with Crippen molar-refractivity contribution in [3.8, 4) is 5.75 Å². The van der Waals surface area contributed by atoms with E-state index in [4.69, 9.17) is 4.74 Å². The highest BCUT2D eigenvalue weighted by atomic mass is 16.5. The lowest BCUT2D eigenvalue weighted by Crippen LogP contribution is -2.35. The van der Waals surface area contributed by atoms with Crippen molar-refractivity contribution < 1.29 is 9.53 Å². The van der Waals surface area contributed by atoms with Crippen LogP contribution in [0.1, 0.15) is 5.56 Å². The lowest BCUT2D eigenvalue weighted by atomic mass is 10.2. The number of rotatable bonds is 6. The molecule has 1 aromatic carbocycles. The molecular formula is C13H20N2O2. The molecule has 0 fully saturated rings. The maximum Gasteiger partial charge on any atom is 0.233 e. The molecule has 0 heterocycles. The van der Waals surface area contributed by atoms with E-state index >= 15 is 0 Å². The number of likely N-dealkylation sites (N-methyl/N-ethyl adjacent to an activating group) is 2. The van der Waals surface area contributed by atoms with E-state index in [1.807, 2.05) is 43.1 Å². The minimum Gasteiger partial charge on any atom is -0.492 e. The second-order valence-electron chi connectivity index (χ2n) is 4.07. The number of carbonyl (C=O) groups is 1. The van der Waals surface area contributed by atoms with Crippen molar-refractivity contribution in [2.24, 2.45) is 0 Å². The van der Waals surface area contributed by atoms with Crippen LogP contribution in [-0.4, -0.2) is 44.6 Å². The molecule has 4 heteroatoms. The van der Waals surface area contributed by atoms with Gasteiger partial charge in [-0.2, -0.15) is 0 Å². The van der Waals surface area contributed by atoms with E-state index in [-0.39, 0.29) is 5.91 Å². The minimum absolute atomic E-state index is 0.0165. The summed E-state index contributed by atoms with van der Waals surface area (Å²) >= 11 is 0. The fraction of sp³-hybridized carbons (Fsp3) is 0.462. The van der Waals surface area contributed by atoms with Crippen LogP contribution in [0.2, 0.25) is 0 Å². The standard InChI is InChI=1S/C13H20N2O2/c1-11-4-6-12(7-5-11)17-9-8-15(3)10-13(16)14-2/h4-7H,8-10H2,1-3H3,(H,14,16). The molecule has 1 aromatic rings. The number of hydrogen-bond donors (Lipinski definition) is 1. The first-order valence-corrected chi connectivity index (χ1v) is 5.70. The number of aryl methyl sites for hydroxylation is 1. The summed E-state index contributed by atoms with van der Waals surface area (Å²) < 4.78 is 5.57. The summed E-state index contributed by atoms with van der Waals surface area (Å²) in [5.74, 6) is 0.881. The SMILES string of the molecule is CNC(=O)CN(C)CCOc1ccc(C)cc1. The van der Waals surface area contributed by atoms with E-state index in [1.165, 1.54) is 5.56 Å². The van der Waals surface area contributed by atoms with Gasteiger partial charge in [0.05, 0.1) is 6.54 Å². The molecule has 1 rings (SSSR count). The largest absolute Gasteiger partial charge is 0.492 e. The van der Waals surface area contributed by atoms with Crippen LogP contribution in [0.15, 0.2) is 24.3 Å². The van der Waals surface area contributed by atoms with Gasteiger partial charge in [-0.3, -0.25) is 9.69 Å². The van der Waals surface area contributed by atoms with Crippen LogP contribution in [0.5, 0.6) is 5.75 Å². The maximum atomic E-state index is 11.1. The first kappa shape index (κ1) is 13.5. The normalized spacial score (nSPS) is 10.4. The highest BCUT2D eigenvalue weighted by Crippen LogP contribution is 2.10. The Morgan fingerprint density at radius 3 is 2.59 bits per heavy atom. The quantitative estimate of drug-likeness (QED) is 0.802. The van der Waals surface area contributed by atoms with Gasteiger partial charge in [0.2, 0.25) is 5.91 Å². The third-order valence-electron chi connectivity index (χ3n) is 2.46. The molecule has 1 amide bonds. The summed E-state index contributed by atoms with van der Waals surface area (Å²) in [6, 6.07) is 7.94. The van der Waals surface area contributed by atoms with E-state index in [0.717, 1.165) is 12.3 Å². The van der Waals surface area contributed by atoms with Gasteiger partial charge in [0, 0.05) is 13.6 Å². The molecule has 4 nitrogen and oxygen atoms in total. The fourth-order valence-electron chi connectivity index (χ4n) is 1.36. The Labute approximate surface area is 103 Å². The zero-order valence-corrected chi connectivity index (χ0v) is 10.7. The van der Waals surface area contributed by atoms with Gasteiger partial charge in [0.25, 0.3) is 0 Å². The fourth-order valence-corrected chi connectivity index (χ4v) is 1.36. The smallest absolute Gasteiger partial charge is 0.233 e. The van der Waals surface area contributed by atoms with Gasteiger partial charge in [-0.1, -0.05) is 17.7 Å². The predicted octanol–water partition coefficient (Wildman–Crippen LogP) is 1.05. The number of carbonyl (C=O) groups excluding carboxylic acids is 1. The number of amides is 1. The van der Waals surface area contributed by atoms with E-state index in [9.17, 15) is 4.79 Å². The first-order chi connectivity index (χ1) is 8.11. The second kappa shape index (κ2) is 6.91. The molecule has 0 saturated carbocycles. The van der Waals surface area contributed by atoms with Gasteiger partial charge in [-0.05, 0) is 26.1 Å². The Bertz CT molecular complexity index is 349. The highest BCUT2D eigenvalue weighted by molar-refractivity contribution is 5.77. The van der Waals surface area contributed by atoms with Gasteiger partial charge in [0.15, 0.2) is 0 Å². The Kier molecular flexibility index (Phi) is 5.49. The van der Waals surface area contributed by atoms with Gasteiger partial charge >= 0.3 is 0 Å². The Morgan fingerprint density at radius 1 is 1.35 bits per heavy atom. The molecule has 94 valence electrons. The monoisotopic (exact) mass is 236 g/mol. The summed E-state index contributed by atoms with van der Waals surface area (Å²) in [6.07, 6.45) is 0. The Hall–Kier alpha value is -1.55. The van der Waals surface area contributed by atoms with Crippen molar-refractivity contribution in [1.82, 2.24) is 10.2 Å². The average Bonchev–Trinajstić information content (AvgIpc) is 2.31. The van der Waals surface area contributed by atoms with E-state index in [2.05, 4.69) is 5.32 Å². The summed E-state index contributed by atoms with van der Waals surface area (Å²) in [5.41, 5.74) is 1.22. The van der Waals surface area contributed by atoms with Crippen LogP contribution in [0.4, 0.5) is 0 Å². The number of hydrogen-bond acceptors (Lipinski definition) is 3. The third kappa shape index (κ3) is 5.36. The van der Waals surface area contributed by atoms with E-state index < -0.39 is 0 Å². The topological polar surface area (TPSA) is 41.6 Å². The molecule has 1 N–H and O–H groups in total. The van der Waals surface area contributed by atoms with Crippen LogP contribution in [0.3, 0.4) is 0 Å². The van der Waals surface area contributed by atoms with Crippen LogP contribution >= 0.6 is 0 Å². The molecule has 0 aliphatic heterocycles. The van der Waals surface area contributed by atoms with Crippen LogP contribution < -0.4 is 10.1 Å². The third-order valence-corrected chi connectivity index (χ3v) is 2.46. The van der Waals surface area contributed by atoms with Crippen molar-refractivity contribution >= 4 is 5.91 Å². The predicted molar refractivity (Wildman–Crippen MR) is 68.2 cm³/mol. The maximum absolute atomic E-state index is 11.1. The molecule has 0 spiro atoms. The number of ether oxygens (including phenoxy) is 1. The summed E-state index contributed by atoms with van der Waals surface area (Å²) in [5, 5.41) is 2.59. The lowest BCUT2D eigenvalue weighted by molar-refractivity contribution is -0.121. The molecule has 0 aliphatic rings. The lowest BCUT2D eigenvalue weighted by Gasteiger charge is -2.15. The number of nitrogens with zero attached hydrogens (tertiary/aromatic N) is 1. The van der Waals surface area contributed by atoms with E-state index in [1.54, 1.807) is 7.05 Å². The van der Waals surface area contributed by atoms with Crippen molar-refractivity contribution in [3.63, 3.8) is 0 Å². The van der Waals surface area contributed by atoms with Gasteiger partial charge in [0.1, 0.15) is 12.4 Å². The molecule has 0 unspecified atom stereocenters. The molecule has 0 bridgehead atoms. The molecule has 0 atom stereocenters. The first-order valence-electron chi connectivity index (χ1n) is 5.70. The van der Waals surface area contributed by atoms with Crippen molar-refractivity contribution in [1.29, 1.82) is 0 Å². The Morgan fingerprint density at radius 2 is 2.00 bits per heavy atom. The zero-order valence-electron chi connectivity index (χ0n) is 10.7. The summed E-state index contributed by atoms with van der Waals surface area (Å²) in [6.45, 7) is 3.74. The second-order valence-corrected chi connectivity index (χ2v) is 4.07. The highest BCUT2D eigenvalue weighted by Gasteiger charge is 2.04. The summed E-state index contributed by atoms with van der Waals surface area (Å²) in [4.78, 5) is 13.0. The summed E-state index contributed by atoms with van der Waals surface area (Å²) in [7, 11) is 3.53. The van der Waals surface area contributed by atoms with Crippen molar-refractivity contribution in [2.75, 3.05) is 33.8 Å². The number of benzene rings is 1. The molecule has 17 heavy (non-hydrogen) atoms. The van der Waals surface area contributed by atoms with Crippen molar-refractivity contribution in [2.45, 2.75) is 6.92 Å². The van der Waals surface area contributed by atoms with Gasteiger partial charge in [-0.25, -0.2) is 0 Å². The van der Waals surface area contributed by atoms with Gasteiger partial charge in [-0.15, -0.1) is 0 Å². The Balaban J connectivity index is 2.23. The zero-order chi connectivity index (χ0) is 12.7. The van der Waals surface area contributed by atoms with Crippen LogP contribution in [0, 0.1) is 6.92 Å². The molecule has 0 aliphatic carbocycles. The average molecular weight is 236 g/mol. The van der Waals surface area contributed by atoms with E-state index in [0.29, 0.717) is 13.2 Å². The number of nitrogens with one attached hydrogen (secondary N) is 1. The molecule has 0 radical (unpaired) electrons. The minimum atomic E-state index is 0.0165. The van der Waals surface area contributed by atoms with Crippen molar-refractivity contribution in [3.05, 3.63) is 29.8 Å². The molecular weight excluding hydrogens is 216 g/mol. The molecule has 0 aromatic heterocycles. The van der Waals surface area contributed by atoms with Crippen LogP contribution in [-0.2, 0) is 4.79 Å². The van der Waals surface area contributed by atoms with Crippen LogP contribution in [0.25, 0.3) is 0 Å². The molecule has 0 saturated heterocycles. The van der Waals surface area contributed by atoms with Gasteiger partial charge < -0.3 is 10.1 Å².